The number of hydrazine groups is 2. The van der Waals surface area contributed by atoms with Crippen molar-refractivity contribution in [1.82, 2.24) is 16.3 Å². The van der Waals surface area contributed by atoms with Gasteiger partial charge < -0.3 is 0 Å². The zero-order valence-electron chi connectivity index (χ0n) is 5.30. The summed E-state index contributed by atoms with van der Waals surface area (Å²) in [7, 11) is 0. The predicted octanol–water partition coefficient (Wildman–Crippen LogP) is -1.37. The molecule has 0 aliphatic rings. The van der Waals surface area contributed by atoms with E-state index in [0.717, 1.165) is 0 Å². The highest BCUT2D eigenvalue weighted by atomic mass is 35.5. The monoisotopic (exact) mass is 168 g/mol. The third-order valence-electron chi connectivity index (χ3n) is 0.483. The second-order valence-electron chi connectivity index (χ2n) is 1.28. The maximum atomic E-state index is 10.2. The van der Waals surface area contributed by atoms with Gasteiger partial charge in [0.15, 0.2) is 0 Å². The van der Waals surface area contributed by atoms with Gasteiger partial charge in [0.1, 0.15) is 0 Å². The van der Waals surface area contributed by atoms with Gasteiger partial charge >= 0.3 is 6.03 Å². The zero-order chi connectivity index (χ0) is 7.28. The van der Waals surface area contributed by atoms with Crippen molar-refractivity contribution in [3.63, 3.8) is 0 Å². The van der Waals surface area contributed by atoms with Crippen LogP contribution in [0.1, 0.15) is 6.92 Å². The van der Waals surface area contributed by atoms with Crippen LogP contribution in [0.2, 0.25) is 0 Å². The summed E-state index contributed by atoms with van der Waals surface area (Å²) in [5.41, 5.74) is 5.73. The first-order chi connectivity index (χ1) is 4.16. The van der Waals surface area contributed by atoms with E-state index in [0.29, 0.717) is 0 Å². The summed E-state index contributed by atoms with van der Waals surface area (Å²) in [6, 6.07) is -0.662. The lowest BCUT2D eigenvalue weighted by molar-refractivity contribution is -0.119. The molecule has 0 aliphatic heterocycles. The van der Waals surface area contributed by atoms with Crippen molar-refractivity contribution < 1.29 is 9.59 Å². The molecule has 10 heavy (non-hydrogen) atoms. The fourth-order valence-electron chi connectivity index (χ4n) is 0.181. The molecule has 0 bridgehead atoms. The molecule has 0 fully saturated rings. The van der Waals surface area contributed by atoms with E-state index in [4.69, 9.17) is 0 Å². The molecule has 7 heteroatoms. The van der Waals surface area contributed by atoms with Gasteiger partial charge in [0.05, 0.1) is 0 Å². The van der Waals surface area contributed by atoms with Crippen molar-refractivity contribution in [3.05, 3.63) is 0 Å². The molecule has 6 nitrogen and oxygen atoms in total. The molecular formula is C3H9ClN4O2. The number of urea groups is 1. The molecular weight excluding hydrogens is 160 g/mol. The Morgan fingerprint density at radius 3 is 2.10 bits per heavy atom. The molecule has 0 aromatic carbocycles. The van der Waals surface area contributed by atoms with Crippen LogP contribution >= 0.6 is 12.4 Å². The Bertz CT molecular complexity index is 128. The van der Waals surface area contributed by atoms with Crippen LogP contribution in [0, 0.1) is 0 Å². The lowest BCUT2D eigenvalue weighted by Crippen LogP contribution is -2.48. The highest BCUT2D eigenvalue weighted by molar-refractivity contribution is 5.85. The van der Waals surface area contributed by atoms with Gasteiger partial charge in [-0.05, 0) is 0 Å². The Hall–Kier alpha value is -1.01. The number of nitrogens with two attached hydrogens (primary N) is 1. The number of hydrogen-bond donors (Lipinski definition) is 4. The number of hydrogen-bond acceptors (Lipinski definition) is 3. The number of amides is 3. The molecule has 0 aliphatic carbocycles. The van der Waals surface area contributed by atoms with Crippen molar-refractivity contribution in [3.8, 4) is 0 Å². The minimum Gasteiger partial charge on any atom is -0.275 e. The second kappa shape index (κ2) is 6.12. The Morgan fingerprint density at radius 1 is 1.30 bits per heavy atom. The zero-order valence-corrected chi connectivity index (χ0v) is 6.12. The molecule has 0 aromatic rings. The number of halogens is 1. The van der Waals surface area contributed by atoms with Gasteiger partial charge in [-0.25, -0.2) is 16.1 Å². The summed E-state index contributed by atoms with van der Waals surface area (Å²) in [5.74, 6) is 4.28. The van der Waals surface area contributed by atoms with Crippen molar-refractivity contribution >= 4 is 24.3 Å². The van der Waals surface area contributed by atoms with Crippen LogP contribution < -0.4 is 22.1 Å². The van der Waals surface area contributed by atoms with Crippen LogP contribution in [-0.4, -0.2) is 11.9 Å². The summed E-state index contributed by atoms with van der Waals surface area (Å²) >= 11 is 0. The maximum absolute atomic E-state index is 10.2. The fraction of sp³-hybridized carbons (Fsp3) is 0.333. The molecule has 0 aromatic heterocycles. The van der Waals surface area contributed by atoms with Crippen molar-refractivity contribution in [2.24, 2.45) is 5.84 Å². The molecule has 0 saturated heterocycles. The first kappa shape index (κ1) is 11.7. The highest BCUT2D eigenvalue weighted by Gasteiger charge is 1.93. The van der Waals surface area contributed by atoms with E-state index >= 15 is 0 Å². The van der Waals surface area contributed by atoms with Gasteiger partial charge in [-0.2, -0.15) is 0 Å². The Morgan fingerprint density at radius 2 is 1.80 bits per heavy atom. The molecule has 0 radical (unpaired) electrons. The van der Waals surface area contributed by atoms with E-state index in [2.05, 4.69) is 5.84 Å². The normalized spacial score (nSPS) is 7.00. The minimum absolute atomic E-state index is 0. The first-order valence-electron chi connectivity index (χ1n) is 2.20. The van der Waals surface area contributed by atoms with Gasteiger partial charge in [0, 0.05) is 6.92 Å². The molecule has 0 atom stereocenters. The minimum atomic E-state index is -0.662. The van der Waals surface area contributed by atoms with E-state index in [9.17, 15) is 9.59 Å². The highest BCUT2D eigenvalue weighted by Crippen LogP contribution is 1.54. The summed E-state index contributed by atoms with van der Waals surface area (Å²) < 4.78 is 0. The molecule has 60 valence electrons. The number of nitrogens with one attached hydrogen (secondary N) is 3. The van der Waals surface area contributed by atoms with E-state index in [-0.39, 0.29) is 18.3 Å². The molecule has 0 rings (SSSR count). The molecule has 0 spiro atoms. The molecule has 5 N–H and O–H groups in total. The molecule has 3 amide bonds. The predicted molar refractivity (Wildman–Crippen MR) is 36.9 cm³/mol. The fourth-order valence-corrected chi connectivity index (χ4v) is 0.181. The summed E-state index contributed by atoms with van der Waals surface area (Å²) in [5, 5.41) is 0. The molecule has 0 heterocycles. The van der Waals surface area contributed by atoms with Crippen LogP contribution in [0.25, 0.3) is 0 Å². The lowest BCUT2D eigenvalue weighted by atomic mass is 10.8. The van der Waals surface area contributed by atoms with Crippen LogP contribution in [0.5, 0.6) is 0 Å². The van der Waals surface area contributed by atoms with Crippen LogP contribution in [0.15, 0.2) is 0 Å². The van der Waals surface area contributed by atoms with E-state index < -0.39 is 6.03 Å². The van der Waals surface area contributed by atoms with Crippen molar-refractivity contribution in [1.29, 1.82) is 0 Å². The SMILES string of the molecule is CC(=O)NNC(=O)NN.Cl. The third-order valence-corrected chi connectivity index (χ3v) is 0.483. The summed E-state index contributed by atoms with van der Waals surface area (Å²) in [6.45, 7) is 1.26. The van der Waals surface area contributed by atoms with Gasteiger partial charge in [-0.3, -0.25) is 15.6 Å². The molecule has 0 unspecified atom stereocenters. The molecule has 0 saturated carbocycles. The van der Waals surface area contributed by atoms with E-state index in [1.165, 1.54) is 6.92 Å². The van der Waals surface area contributed by atoms with Crippen molar-refractivity contribution in [2.75, 3.05) is 0 Å². The first-order valence-corrected chi connectivity index (χ1v) is 2.20. The third kappa shape index (κ3) is 6.99. The van der Waals surface area contributed by atoms with Gasteiger partial charge in [-0.1, -0.05) is 0 Å². The quantitative estimate of drug-likeness (QED) is 0.204. The van der Waals surface area contributed by atoms with E-state index in [1.54, 1.807) is 5.43 Å². The van der Waals surface area contributed by atoms with Crippen molar-refractivity contribution in [2.45, 2.75) is 6.92 Å². The van der Waals surface area contributed by atoms with Crippen LogP contribution in [0.4, 0.5) is 4.79 Å². The smallest absolute Gasteiger partial charge is 0.275 e. The largest absolute Gasteiger partial charge is 0.347 e. The standard InChI is InChI=1S/C3H8N4O2.ClH/c1-2(8)6-7-3(9)5-4;/h4H2,1H3,(H,6,8)(H2,5,7,9);1H. The average Bonchev–Trinajstić information content (AvgIpc) is 1.83. The average molecular weight is 169 g/mol. The van der Waals surface area contributed by atoms with Gasteiger partial charge in [-0.15, -0.1) is 12.4 Å². The number of carbonyl (C=O) groups is 2. The topological polar surface area (TPSA) is 96.2 Å². The summed E-state index contributed by atoms with van der Waals surface area (Å²) in [6.07, 6.45) is 0. The van der Waals surface area contributed by atoms with E-state index in [1.807, 2.05) is 10.9 Å². The second-order valence-corrected chi connectivity index (χ2v) is 1.28. The van der Waals surface area contributed by atoms with Gasteiger partial charge in [0.25, 0.3) is 0 Å². The Kier molecular flexibility index (Phi) is 7.18. The number of carbonyl (C=O) groups excluding carboxylic acids is 2. The summed E-state index contributed by atoms with van der Waals surface area (Å²) in [4.78, 5) is 20.2. The van der Waals surface area contributed by atoms with Gasteiger partial charge in [0.2, 0.25) is 5.91 Å². The number of rotatable bonds is 0. The lowest BCUT2D eigenvalue weighted by Gasteiger charge is -2.01. The van der Waals surface area contributed by atoms with Crippen LogP contribution in [0.3, 0.4) is 0 Å². The Balaban J connectivity index is 0. The maximum Gasteiger partial charge on any atom is 0.347 e. The Labute approximate surface area is 63.9 Å². The van der Waals surface area contributed by atoms with Crippen LogP contribution in [-0.2, 0) is 4.79 Å².